The largest absolute Gasteiger partial charge is 0.459 e. The Morgan fingerprint density at radius 1 is 1.25 bits per heavy atom. The maximum atomic E-state index is 5.96. The number of fused-ring (bicyclic) bond motifs is 1. The van der Waals surface area contributed by atoms with Crippen molar-refractivity contribution in [2.75, 3.05) is 27.2 Å². The van der Waals surface area contributed by atoms with E-state index in [1.807, 2.05) is 25.2 Å². The molecule has 3 nitrogen and oxygen atoms in total. The van der Waals surface area contributed by atoms with Crippen LogP contribution >= 0.6 is 0 Å². The standard InChI is InChI=1S/C17H26N2O/c1-4-5-8-11-19(3)13-15(18-2)17-12-14-9-6-7-10-16(14)20-17/h6-7,9-10,12,15,18H,4-5,8,11,13H2,1-3H3. The molecule has 1 aromatic heterocycles. The van der Waals surface area contributed by atoms with Gasteiger partial charge < -0.3 is 14.6 Å². The Morgan fingerprint density at radius 3 is 2.75 bits per heavy atom. The number of nitrogens with zero attached hydrogens (tertiary/aromatic N) is 1. The Balaban J connectivity index is 2.00. The second-order valence-electron chi connectivity index (χ2n) is 5.50. The lowest BCUT2D eigenvalue weighted by Gasteiger charge is -2.22. The van der Waals surface area contributed by atoms with Crippen molar-refractivity contribution >= 4 is 11.0 Å². The van der Waals surface area contributed by atoms with Crippen LogP contribution < -0.4 is 5.32 Å². The van der Waals surface area contributed by atoms with Crippen LogP contribution in [-0.2, 0) is 0 Å². The minimum Gasteiger partial charge on any atom is -0.459 e. The summed E-state index contributed by atoms with van der Waals surface area (Å²) in [6.45, 7) is 4.36. The summed E-state index contributed by atoms with van der Waals surface area (Å²) in [5, 5.41) is 4.54. The van der Waals surface area contributed by atoms with E-state index in [9.17, 15) is 0 Å². The third-order valence-corrected chi connectivity index (χ3v) is 3.77. The van der Waals surface area contributed by atoms with Gasteiger partial charge in [-0.2, -0.15) is 0 Å². The maximum Gasteiger partial charge on any atom is 0.134 e. The van der Waals surface area contributed by atoms with E-state index in [0.717, 1.165) is 24.4 Å². The van der Waals surface area contributed by atoms with Crippen LogP contribution in [0.5, 0.6) is 0 Å². The molecule has 0 aliphatic heterocycles. The second kappa shape index (κ2) is 7.46. The van der Waals surface area contributed by atoms with Crippen molar-refractivity contribution in [1.82, 2.24) is 10.2 Å². The number of para-hydroxylation sites is 1. The molecular weight excluding hydrogens is 248 g/mol. The normalized spacial score (nSPS) is 13.2. The van der Waals surface area contributed by atoms with Gasteiger partial charge in [-0.3, -0.25) is 0 Å². The summed E-state index contributed by atoms with van der Waals surface area (Å²) in [5.41, 5.74) is 0.969. The highest BCUT2D eigenvalue weighted by Gasteiger charge is 2.16. The molecule has 0 saturated heterocycles. The van der Waals surface area contributed by atoms with Crippen molar-refractivity contribution < 1.29 is 4.42 Å². The van der Waals surface area contributed by atoms with Gasteiger partial charge in [0.2, 0.25) is 0 Å². The first-order valence-electron chi connectivity index (χ1n) is 7.59. The SMILES string of the molecule is CCCCCN(C)CC(NC)c1cc2ccccc2o1. The first-order chi connectivity index (χ1) is 9.74. The van der Waals surface area contributed by atoms with Crippen LogP contribution in [0.2, 0.25) is 0 Å². The van der Waals surface area contributed by atoms with Gasteiger partial charge >= 0.3 is 0 Å². The highest BCUT2D eigenvalue weighted by molar-refractivity contribution is 5.77. The van der Waals surface area contributed by atoms with Crippen molar-refractivity contribution in [1.29, 1.82) is 0 Å². The number of hydrogen-bond acceptors (Lipinski definition) is 3. The van der Waals surface area contributed by atoms with Crippen molar-refractivity contribution in [3.8, 4) is 0 Å². The predicted molar refractivity (Wildman–Crippen MR) is 85.0 cm³/mol. The van der Waals surface area contributed by atoms with Crippen molar-refractivity contribution in [3.63, 3.8) is 0 Å². The van der Waals surface area contributed by atoms with E-state index in [1.165, 1.54) is 24.6 Å². The molecule has 1 unspecified atom stereocenters. The Kier molecular flexibility index (Phi) is 5.62. The molecule has 0 aliphatic rings. The van der Waals surface area contributed by atoms with Gasteiger partial charge in [0.1, 0.15) is 11.3 Å². The average Bonchev–Trinajstić information content (AvgIpc) is 2.88. The van der Waals surface area contributed by atoms with Crippen LogP contribution in [-0.4, -0.2) is 32.1 Å². The highest BCUT2D eigenvalue weighted by atomic mass is 16.3. The van der Waals surface area contributed by atoms with Crippen LogP contribution in [0.4, 0.5) is 0 Å². The van der Waals surface area contributed by atoms with Gasteiger partial charge in [0, 0.05) is 11.9 Å². The lowest BCUT2D eigenvalue weighted by atomic mass is 10.2. The predicted octanol–water partition coefficient (Wildman–Crippen LogP) is 3.82. The number of unbranched alkanes of at least 4 members (excludes halogenated alkanes) is 2. The fourth-order valence-electron chi connectivity index (χ4n) is 2.53. The third kappa shape index (κ3) is 3.84. The summed E-state index contributed by atoms with van der Waals surface area (Å²) >= 11 is 0. The average molecular weight is 274 g/mol. The first-order valence-corrected chi connectivity index (χ1v) is 7.59. The zero-order chi connectivity index (χ0) is 14.4. The molecule has 0 radical (unpaired) electrons. The van der Waals surface area contributed by atoms with E-state index in [0.29, 0.717) is 0 Å². The monoisotopic (exact) mass is 274 g/mol. The summed E-state index contributed by atoms with van der Waals surface area (Å²) in [4.78, 5) is 2.38. The summed E-state index contributed by atoms with van der Waals surface area (Å²) in [5.74, 6) is 1.02. The third-order valence-electron chi connectivity index (χ3n) is 3.77. The summed E-state index contributed by atoms with van der Waals surface area (Å²) in [7, 11) is 4.18. The van der Waals surface area contributed by atoms with Gasteiger partial charge in [-0.1, -0.05) is 38.0 Å². The molecule has 0 fully saturated rings. The van der Waals surface area contributed by atoms with Gasteiger partial charge in [-0.05, 0) is 39.2 Å². The molecule has 1 aromatic carbocycles. The highest BCUT2D eigenvalue weighted by Crippen LogP contribution is 2.24. The van der Waals surface area contributed by atoms with Gasteiger partial charge in [0.15, 0.2) is 0 Å². The zero-order valence-corrected chi connectivity index (χ0v) is 12.9. The van der Waals surface area contributed by atoms with Crippen LogP contribution in [0.15, 0.2) is 34.7 Å². The molecule has 0 amide bonds. The van der Waals surface area contributed by atoms with E-state index >= 15 is 0 Å². The quantitative estimate of drug-likeness (QED) is 0.742. The summed E-state index contributed by atoms with van der Waals surface area (Å²) < 4.78 is 5.96. The Labute approximate surface area is 122 Å². The number of furan rings is 1. The molecule has 3 heteroatoms. The fraction of sp³-hybridized carbons (Fsp3) is 0.529. The molecule has 20 heavy (non-hydrogen) atoms. The lowest BCUT2D eigenvalue weighted by molar-refractivity contribution is 0.274. The van der Waals surface area contributed by atoms with Gasteiger partial charge in [-0.25, -0.2) is 0 Å². The number of likely N-dealkylation sites (N-methyl/N-ethyl adjacent to an activating group) is 2. The molecule has 1 heterocycles. The van der Waals surface area contributed by atoms with Gasteiger partial charge in [0.05, 0.1) is 6.04 Å². The maximum absolute atomic E-state index is 5.96. The summed E-state index contributed by atoms with van der Waals surface area (Å²) in [6.07, 6.45) is 3.84. The molecular formula is C17H26N2O. The second-order valence-corrected chi connectivity index (χ2v) is 5.50. The molecule has 0 bridgehead atoms. The van der Waals surface area contributed by atoms with Crippen LogP contribution in [0.3, 0.4) is 0 Å². The van der Waals surface area contributed by atoms with E-state index in [4.69, 9.17) is 4.42 Å². The molecule has 1 N–H and O–H groups in total. The minimum atomic E-state index is 0.244. The number of benzene rings is 1. The molecule has 110 valence electrons. The van der Waals surface area contributed by atoms with E-state index in [-0.39, 0.29) is 6.04 Å². The van der Waals surface area contributed by atoms with Crippen molar-refractivity contribution in [3.05, 3.63) is 36.1 Å². The van der Waals surface area contributed by atoms with Gasteiger partial charge in [-0.15, -0.1) is 0 Å². The van der Waals surface area contributed by atoms with Crippen LogP contribution in [0.1, 0.15) is 38.0 Å². The Bertz CT molecular complexity index is 487. The van der Waals surface area contributed by atoms with E-state index < -0.39 is 0 Å². The fourth-order valence-corrected chi connectivity index (χ4v) is 2.53. The topological polar surface area (TPSA) is 28.4 Å². The first kappa shape index (κ1) is 15.1. The molecule has 2 rings (SSSR count). The Hall–Kier alpha value is -1.32. The van der Waals surface area contributed by atoms with Crippen LogP contribution in [0, 0.1) is 0 Å². The lowest BCUT2D eigenvalue weighted by Crippen LogP contribution is -2.31. The van der Waals surface area contributed by atoms with Crippen molar-refractivity contribution in [2.24, 2.45) is 0 Å². The number of rotatable bonds is 8. The molecule has 0 spiro atoms. The Morgan fingerprint density at radius 2 is 2.05 bits per heavy atom. The molecule has 1 atom stereocenters. The smallest absolute Gasteiger partial charge is 0.134 e. The van der Waals surface area contributed by atoms with E-state index in [2.05, 4.69) is 36.3 Å². The van der Waals surface area contributed by atoms with Crippen molar-refractivity contribution in [2.45, 2.75) is 32.2 Å². The van der Waals surface area contributed by atoms with Gasteiger partial charge in [0.25, 0.3) is 0 Å². The molecule has 0 aliphatic carbocycles. The minimum absolute atomic E-state index is 0.244. The number of hydrogen-bond donors (Lipinski definition) is 1. The van der Waals surface area contributed by atoms with E-state index in [1.54, 1.807) is 0 Å². The number of nitrogens with one attached hydrogen (secondary N) is 1. The zero-order valence-electron chi connectivity index (χ0n) is 12.9. The molecule has 2 aromatic rings. The molecule has 0 saturated carbocycles. The van der Waals surface area contributed by atoms with Crippen LogP contribution in [0.25, 0.3) is 11.0 Å². The summed E-state index contributed by atoms with van der Waals surface area (Å²) in [6, 6.07) is 10.6.